The van der Waals surface area contributed by atoms with Gasteiger partial charge in [0.1, 0.15) is 6.73 Å². The van der Waals surface area contributed by atoms with Crippen molar-refractivity contribution in [2.24, 2.45) is 7.05 Å². The molecule has 2 aromatic heterocycles. The molecule has 1 aliphatic rings. The lowest BCUT2D eigenvalue weighted by Gasteiger charge is -2.33. The number of alkyl halides is 2. The van der Waals surface area contributed by atoms with Crippen molar-refractivity contribution < 1.29 is 18.3 Å². The smallest absolute Gasteiger partial charge is 0.264 e. The van der Waals surface area contributed by atoms with Crippen LogP contribution < -0.4 is 10.2 Å². The van der Waals surface area contributed by atoms with Gasteiger partial charge >= 0.3 is 0 Å². The maximum atomic E-state index is 14.5. The number of nitrogens with zero attached hydrogens (tertiary/aromatic N) is 4. The summed E-state index contributed by atoms with van der Waals surface area (Å²) >= 11 is 0. The maximum Gasteiger partial charge on any atom is 0.264 e. The standard InChI is InChI=1S/C33H43F2N5O2Si/c1-21(2)25-14-24(15-27-29(33(41)36-3)19-39(31(25)27)20-42-11-12-43(5,6)7)40-10-8-9-22-13-26(23-17-37-38(4)18-23)28(32(34)35)16-30(22)40/h13-19,21,32H,8-12,20H2,1-7H3,(H,36,41). The van der Waals surface area contributed by atoms with Gasteiger partial charge in [-0.15, -0.1) is 0 Å². The lowest BCUT2D eigenvalue weighted by Crippen LogP contribution is -2.25. The Balaban J connectivity index is 1.62. The summed E-state index contributed by atoms with van der Waals surface area (Å²) in [6, 6.07) is 8.82. The quantitative estimate of drug-likeness (QED) is 0.147. The van der Waals surface area contributed by atoms with Crippen molar-refractivity contribution in [2.75, 3.05) is 25.1 Å². The molecule has 2 aromatic carbocycles. The summed E-state index contributed by atoms with van der Waals surface area (Å²) < 4.78 is 38.7. The Kier molecular flexibility index (Phi) is 8.81. The summed E-state index contributed by atoms with van der Waals surface area (Å²) in [5.74, 6) is -0.0117. The molecule has 5 rings (SSSR count). The molecule has 4 aromatic rings. The Labute approximate surface area is 253 Å². The Morgan fingerprint density at radius 3 is 2.51 bits per heavy atom. The lowest BCUT2D eigenvalue weighted by molar-refractivity contribution is 0.0895. The van der Waals surface area contributed by atoms with Crippen molar-refractivity contribution in [3.8, 4) is 11.1 Å². The minimum atomic E-state index is -2.63. The maximum absolute atomic E-state index is 14.5. The fraction of sp³-hybridized carbons (Fsp3) is 0.455. The molecule has 0 fully saturated rings. The molecule has 1 amide bonds. The van der Waals surface area contributed by atoms with Crippen molar-refractivity contribution in [2.45, 2.75) is 71.4 Å². The number of carbonyl (C=O) groups excluding carboxylic acids is 1. The lowest BCUT2D eigenvalue weighted by atomic mass is 9.92. The summed E-state index contributed by atoms with van der Waals surface area (Å²) in [5, 5.41) is 7.83. The summed E-state index contributed by atoms with van der Waals surface area (Å²) in [6.07, 6.45) is 4.35. The molecule has 7 nitrogen and oxygen atoms in total. The number of fused-ring (bicyclic) bond motifs is 2. The van der Waals surface area contributed by atoms with Gasteiger partial charge in [0.05, 0.1) is 17.3 Å². The highest BCUT2D eigenvalue weighted by atomic mass is 28.3. The van der Waals surface area contributed by atoms with E-state index in [2.05, 4.69) is 54.9 Å². The van der Waals surface area contributed by atoms with Gasteiger partial charge in [-0.05, 0) is 65.8 Å². The highest BCUT2D eigenvalue weighted by molar-refractivity contribution is 6.76. The van der Waals surface area contributed by atoms with Crippen LogP contribution in [0.4, 0.5) is 20.2 Å². The number of halogens is 2. The Morgan fingerprint density at radius 2 is 1.88 bits per heavy atom. The number of hydrogen-bond acceptors (Lipinski definition) is 4. The molecule has 43 heavy (non-hydrogen) atoms. The first kappa shape index (κ1) is 30.9. The molecular formula is C33H43F2N5O2Si. The Morgan fingerprint density at radius 1 is 1.12 bits per heavy atom. The van der Waals surface area contributed by atoms with E-state index in [1.165, 1.54) is 0 Å². The SMILES string of the molecule is CNC(=O)c1cn(COCC[Si](C)(C)C)c2c(C(C)C)cc(N3CCCc4cc(-c5cnn(C)c5)c(C(F)F)cc43)cc12. The molecule has 0 aliphatic carbocycles. The van der Waals surface area contributed by atoms with Gasteiger partial charge in [0, 0.05) is 75.6 Å². The molecule has 1 N–H and O–H groups in total. The fourth-order valence-electron chi connectivity index (χ4n) is 5.92. The van der Waals surface area contributed by atoms with E-state index >= 15 is 0 Å². The highest BCUT2D eigenvalue weighted by Crippen LogP contribution is 2.43. The largest absolute Gasteiger partial charge is 0.361 e. The Bertz CT molecular complexity index is 1640. The van der Waals surface area contributed by atoms with E-state index in [4.69, 9.17) is 4.74 Å². The molecule has 0 saturated heterocycles. The van der Waals surface area contributed by atoms with E-state index in [9.17, 15) is 13.6 Å². The molecule has 0 bridgehead atoms. The van der Waals surface area contributed by atoms with E-state index in [1.807, 2.05) is 22.9 Å². The predicted molar refractivity (Wildman–Crippen MR) is 172 cm³/mol. The Hall–Kier alpha value is -3.50. The molecule has 0 spiro atoms. The second kappa shape index (κ2) is 12.2. The zero-order chi connectivity index (χ0) is 31.1. The van der Waals surface area contributed by atoms with E-state index in [0.29, 0.717) is 36.6 Å². The van der Waals surface area contributed by atoms with Crippen molar-refractivity contribution in [1.29, 1.82) is 0 Å². The van der Waals surface area contributed by atoms with Crippen LogP contribution in [0.3, 0.4) is 0 Å². The van der Waals surface area contributed by atoms with Gasteiger partial charge in [0.15, 0.2) is 0 Å². The predicted octanol–water partition coefficient (Wildman–Crippen LogP) is 7.86. The van der Waals surface area contributed by atoms with E-state index < -0.39 is 14.5 Å². The van der Waals surface area contributed by atoms with Crippen molar-refractivity contribution in [1.82, 2.24) is 19.7 Å². The third kappa shape index (κ3) is 6.40. The first-order valence-corrected chi connectivity index (χ1v) is 18.8. The van der Waals surface area contributed by atoms with Crippen LogP contribution in [0.2, 0.25) is 25.7 Å². The number of benzene rings is 2. The summed E-state index contributed by atoms with van der Waals surface area (Å²) in [7, 11) is 2.18. The number of anilines is 2. The van der Waals surface area contributed by atoms with Gasteiger partial charge in [-0.25, -0.2) is 8.78 Å². The highest BCUT2D eigenvalue weighted by Gasteiger charge is 2.27. The number of rotatable bonds is 10. The zero-order valence-electron chi connectivity index (χ0n) is 26.3. The number of aromatic nitrogens is 3. The van der Waals surface area contributed by atoms with Gasteiger partial charge in [-0.3, -0.25) is 9.48 Å². The van der Waals surface area contributed by atoms with Crippen LogP contribution in [0, 0.1) is 0 Å². The van der Waals surface area contributed by atoms with Gasteiger partial charge < -0.3 is 19.5 Å². The van der Waals surface area contributed by atoms with Crippen LogP contribution >= 0.6 is 0 Å². The molecule has 1 aliphatic heterocycles. The number of amides is 1. The van der Waals surface area contributed by atoms with Gasteiger partial charge in [-0.2, -0.15) is 5.10 Å². The van der Waals surface area contributed by atoms with E-state index in [-0.39, 0.29) is 17.4 Å². The molecule has 0 radical (unpaired) electrons. The summed E-state index contributed by atoms with van der Waals surface area (Å²) in [5.41, 5.74) is 6.56. The van der Waals surface area contributed by atoms with Crippen molar-refractivity contribution >= 4 is 36.3 Å². The van der Waals surface area contributed by atoms with Crippen molar-refractivity contribution in [3.63, 3.8) is 0 Å². The van der Waals surface area contributed by atoms with Gasteiger partial charge in [0.25, 0.3) is 12.3 Å². The van der Waals surface area contributed by atoms with Crippen LogP contribution in [-0.4, -0.2) is 48.5 Å². The first-order valence-electron chi connectivity index (χ1n) is 15.1. The summed E-state index contributed by atoms with van der Waals surface area (Å²) in [4.78, 5) is 15.2. The van der Waals surface area contributed by atoms with Crippen LogP contribution in [-0.2, 0) is 24.9 Å². The molecule has 0 atom stereocenters. The second-order valence-corrected chi connectivity index (χ2v) is 18.7. The normalized spacial score (nSPS) is 13.8. The average molecular weight is 608 g/mol. The number of hydrogen-bond donors (Lipinski definition) is 1. The third-order valence-corrected chi connectivity index (χ3v) is 9.94. The van der Waals surface area contributed by atoms with Crippen LogP contribution in [0.25, 0.3) is 22.0 Å². The zero-order valence-corrected chi connectivity index (χ0v) is 27.3. The van der Waals surface area contributed by atoms with Crippen LogP contribution in [0.1, 0.15) is 59.7 Å². The van der Waals surface area contributed by atoms with Crippen LogP contribution in [0.5, 0.6) is 0 Å². The molecule has 3 heterocycles. The first-order chi connectivity index (χ1) is 20.4. The number of ether oxygens (including phenoxy) is 1. The molecular weight excluding hydrogens is 564 g/mol. The topological polar surface area (TPSA) is 64.3 Å². The molecule has 0 unspecified atom stereocenters. The second-order valence-electron chi connectivity index (χ2n) is 13.1. The molecule has 10 heteroatoms. The number of nitrogens with one attached hydrogen (secondary N) is 1. The fourth-order valence-corrected chi connectivity index (χ4v) is 6.68. The summed E-state index contributed by atoms with van der Waals surface area (Å²) in [6.45, 7) is 13.0. The third-order valence-electron chi connectivity index (χ3n) is 8.24. The minimum absolute atomic E-state index is 0.00326. The number of aryl methyl sites for hydroxylation is 2. The molecule has 230 valence electrons. The number of carbonyl (C=O) groups is 1. The monoisotopic (exact) mass is 607 g/mol. The van der Waals surface area contributed by atoms with E-state index in [1.54, 1.807) is 37.2 Å². The van der Waals surface area contributed by atoms with Crippen molar-refractivity contribution in [3.05, 3.63) is 65.1 Å². The van der Waals surface area contributed by atoms with Gasteiger partial charge in [0.2, 0.25) is 0 Å². The van der Waals surface area contributed by atoms with Gasteiger partial charge in [-0.1, -0.05) is 33.5 Å². The van der Waals surface area contributed by atoms with E-state index in [0.717, 1.165) is 52.3 Å². The average Bonchev–Trinajstić information content (AvgIpc) is 3.56. The van der Waals surface area contributed by atoms with Crippen LogP contribution in [0.15, 0.2) is 42.9 Å². The molecule has 0 saturated carbocycles. The minimum Gasteiger partial charge on any atom is -0.361 e.